The van der Waals surface area contributed by atoms with Gasteiger partial charge in [0, 0.05) is 0 Å². The third kappa shape index (κ3) is 2.74. The summed E-state index contributed by atoms with van der Waals surface area (Å²) in [4.78, 5) is 17.0. The number of carbonyl (C=O) groups is 1. The lowest BCUT2D eigenvalue weighted by Gasteiger charge is -2.25. The van der Waals surface area contributed by atoms with Gasteiger partial charge in [0.1, 0.15) is 4.75 Å². The predicted molar refractivity (Wildman–Crippen MR) is 91.3 cm³/mol. The number of rotatable bonds is 4. The van der Waals surface area contributed by atoms with Crippen LogP contribution in [-0.4, -0.2) is 18.1 Å². The van der Waals surface area contributed by atoms with Crippen molar-refractivity contribution in [1.82, 2.24) is 4.98 Å². The number of nitrogens with zero attached hydrogens (tertiary/aromatic N) is 1. The number of thioether (sulfide) groups is 1. The summed E-state index contributed by atoms with van der Waals surface area (Å²) in [6.45, 7) is 1.88. The minimum absolute atomic E-state index is 0.275. The number of ether oxygens (including phenoxy) is 1. The number of benzene rings is 2. The average molecular weight is 329 g/mol. The molecule has 0 saturated carbocycles. The van der Waals surface area contributed by atoms with E-state index in [-0.39, 0.29) is 5.97 Å². The van der Waals surface area contributed by atoms with Crippen LogP contribution in [0.1, 0.15) is 12.5 Å². The van der Waals surface area contributed by atoms with E-state index < -0.39 is 4.75 Å². The first-order valence-corrected chi connectivity index (χ1v) is 8.45. The van der Waals surface area contributed by atoms with Gasteiger partial charge in [-0.15, -0.1) is 11.3 Å². The smallest absolute Gasteiger partial charge is 0.326 e. The Morgan fingerprint density at radius 1 is 1.14 bits per heavy atom. The molecule has 0 unspecified atom stereocenters. The normalized spacial score (nSPS) is 13.7. The highest BCUT2D eigenvalue weighted by Gasteiger charge is 2.38. The van der Waals surface area contributed by atoms with Crippen molar-refractivity contribution in [3.63, 3.8) is 0 Å². The molecule has 0 N–H and O–H groups in total. The lowest BCUT2D eigenvalue weighted by molar-refractivity contribution is -0.143. The molecule has 1 atom stereocenters. The zero-order chi connectivity index (χ0) is 15.6. The van der Waals surface area contributed by atoms with Crippen LogP contribution < -0.4 is 0 Å². The zero-order valence-corrected chi connectivity index (χ0v) is 13.9. The SMILES string of the molecule is COC(=O)[C@](C)(Sc1nc2ccccc2s1)c1ccccc1. The van der Waals surface area contributed by atoms with Crippen LogP contribution in [0.2, 0.25) is 0 Å². The third-order valence-corrected chi connectivity index (χ3v) is 5.87. The maximum atomic E-state index is 12.4. The van der Waals surface area contributed by atoms with Crippen molar-refractivity contribution in [2.45, 2.75) is 16.0 Å². The molecule has 22 heavy (non-hydrogen) atoms. The summed E-state index contributed by atoms with van der Waals surface area (Å²) in [7, 11) is 1.42. The number of thiazole rings is 1. The molecule has 3 rings (SSSR count). The van der Waals surface area contributed by atoms with Gasteiger partial charge in [0.15, 0.2) is 4.34 Å². The standard InChI is InChI=1S/C17H15NO2S2/c1-17(15(19)20-2,12-8-4-3-5-9-12)22-16-18-13-10-6-7-11-14(13)21-16/h3-11H,1-2H3/t17-/m1/s1. The van der Waals surface area contributed by atoms with Crippen LogP contribution in [0.25, 0.3) is 10.2 Å². The molecule has 2 aromatic carbocycles. The summed E-state index contributed by atoms with van der Waals surface area (Å²) >= 11 is 3.03. The highest BCUT2D eigenvalue weighted by atomic mass is 32.2. The van der Waals surface area contributed by atoms with E-state index in [0.29, 0.717) is 0 Å². The molecule has 0 fully saturated rings. The Bertz CT molecular complexity index is 768. The Kier molecular flexibility index (Phi) is 4.18. The van der Waals surface area contributed by atoms with Crippen LogP contribution in [0.15, 0.2) is 58.9 Å². The largest absolute Gasteiger partial charge is 0.468 e. The molecule has 3 nitrogen and oxygen atoms in total. The van der Waals surface area contributed by atoms with Gasteiger partial charge in [0.25, 0.3) is 0 Å². The quantitative estimate of drug-likeness (QED) is 0.523. The summed E-state index contributed by atoms with van der Waals surface area (Å²) in [5, 5.41) is 0. The molecule has 0 aliphatic carbocycles. The highest BCUT2D eigenvalue weighted by molar-refractivity contribution is 8.02. The second-order valence-corrected chi connectivity index (χ2v) is 7.64. The van der Waals surface area contributed by atoms with E-state index in [9.17, 15) is 4.79 Å². The van der Waals surface area contributed by atoms with Crippen LogP contribution in [0.5, 0.6) is 0 Å². The van der Waals surface area contributed by atoms with Crippen molar-refractivity contribution in [2.24, 2.45) is 0 Å². The number of fused-ring (bicyclic) bond motifs is 1. The van der Waals surface area contributed by atoms with Gasteiger partial charge >= 0.3 is 5.97 Å². The fourth-order valence-electron chi connectivity index (χ4n) is 2.24. The Hall–Kier alpha value is -1.85. The maximum Gasteiger partial charge on any atom is 0.326 e. The number of hydrogen-bond donors (Lipinski definition) is 0. The molecule has 0 aliphatic rings. The number of esters is 1. The molecule has 1 heterocycles. The molecule has 3 aromatic rings. The van der Waals surface area contributed by atoms with Crippen molar-refractivity contribution in [3.8, 4) is 0 Å². The Morgan fingerprint density at radius 2 is 1.82 bits per heavy atom. The summed E-state index contributed by atoms with van der Waals surface area (Å²) in [6, 6.07) is 17.6. The molecule has 0 spiro atoms. The molecule has 1 aromatic heterocycles. The fourth-order valence-corrected chi connectivity index (χ4v) is 4.79. The van der Waals surface area contributed by atoms with Crippen molar-refractivity contribution < 1.29 is 9.53 Å². The van der Waals surface area contributed by atoms with E-state index in [4.69, 9.17) is 4.74 Å². The monoisotopic (exact) mass is 329 g/mol. The van der Waals surface area contributed by atoms with Crippen LogP contribution in [0.4, 0.5) is 0 Å². The molecule has 0 radical (unpaired) electrons. The summed E-state index contributed by atoms with van der Waals surface area (Å²) in [6.07, 6.45) is 0. The molecule has 112 valence electrons. The van der Waals surface area contributed by atoms with Crippen molar-refractivity contribution >= 4 is 39.3 Å². The molecule has 0 saturated heterocycles. The maximum absolute atomic E-state index is 12.4. The predicted octanol–water partition coefficient (Wildman–Crippen LogP) is 4.48. The molecule has 0 bridgehead atoms. The van der Waals surface area contributed by atoms with Gasteiger partial charge in [-0.1, -0.05) is 54.2 Å². The number of methoxy groups -OCH3 is 1. The molecular weight excluding hydrogens is 314 g/mol. The molecule has 0 amide bonds. The van der Waals surface area contributed by atoms with Crippen LogP contribution in [-0.2, 0) is 14.3 Å². The topological polar surface area (TPSA) is 39.2 Å². The van der Waals surface area contributed by atoms with Gasteiger partial charge in [-0.05, 0) is 24.6 Å². The second-order valence-electron chi connectivity index (χ2n) is 4.94. The summed E-state index contributed by atoms with van der Waals surface area (Å²) in [5.41, 5.74) is 1.86. The Balaban J connectivity index is 2.01. The second kappa shape index (κ2) is 6.10. The third-order valence-electron chi connectivity index (χ3n) is 3.47. The fraction of sp³-hybridized carbons (Fsp3) is 0.176. The number of para-hydroxylation sites is 1. The average Bonchev–Trinajstić information content (AvgIpc) is 2.96. The van der Waals surface area contributed by atoms with Gasteiger partial charge in [-0.25, -0.2) is 4.98 Å². The van der Waals surface area contributed by atoms with Gasteiger partial charge in [0.2, 0.25) is 0 Å². The van der Waals surface area contributed by atoms with Crippen LogP contribution in [0, 0.1) is 0 Å². The molecule has 5 heteroatoms. The molecule has 0 aliphatic heterocycles. The number of carbonyl (C=O) groups excluding carboxylic acids is 1. The zero-order valence-electron chi connectivity index (χ0n) is 12.3. The van der Waals surface area contributed by atoms with Gasteiger partial charge in [-0.3, -0.25) is 4.79 Å². The van der Waals surface area contributed by atoms with E-state index in [1.807, 2.05) is 61.5 Å². The van der Waals surface area contributed by atoms with Crippen LogP contribution >= 0.6 is 23.1 Å². The Labute approximate surface area is 137 Å². The van der Waals surface area contributed by atoms with E-state index >= 15 is 0 Å². The number of hydrogen-bond acceptors (Lipinski definition) is 5. The van der Waals surface area contributed by atoms with E-state index in [2.05, 4.69) is 4.98 Å². The lowest BCUT2D eigenvalue weighted by atomic mass is 10.0. The van der Waals surface area contributed by atoms with Gasteiger partial charge in [-0.2, -0.15) is 0 Å². The first-order valence-electron chi connectivity index (χ1n) is 6.82. The summed E-state index contributed by atoms with van der Waals surface area (Å²) in [5.74, 6) is -0.275. The van der Waals surface area contributed by atoms with E-state index in [0.717, 1.165) is 20.1 Å². The Morgan fingerprint density at radius 3 is 2.50 bits per heavy atom. The number of aromatic nitrogens is 1. The van der Waals surface area contributed by atoms with Crippen LogP contribution in [0.3, 0.4) is 0 Å². The highest BCUT2D eigenvalue weighted by Crippen LogP contribution is 2.44. The van der Waals surface area contributed by atoms with E-state index in [1.54, 1.807) is 11.3 Å². The first kappa shape index (κ1) is 15.1. The van der Waals surface area contributed by atoms with Crippen molar-refractivity contribution in [3.05, 3.63) is 60.2 Å². The van der Waals surface area contributed by atoms with Crippen molar-refractivity contribution in [2.75, 3.05) is 7.11 Å². The summed E-state index contributed by atoms with van der Waals surface area (Å²) < 4.78 is 6.19. The van der Waals surface area contributed by atoms with E-state index in [1.165, 1.54) is 18.9 Å². The van der Waals surface area contributed by atoms with Gasteiger partial charge < -0.3 is 4.74 Å². The first-order chi connectivity index (χ1) is 10.6. The molecular formula is C17H15NO2S2. The van der Waals surface area contributed by atoms with Gasteiger partial charge in [0.05, 0.1) is 17.3 Å². The lowest BCUT2D eigenvalue weighted by Crippen LogP contribution is -2.30. The minimum Gasteiger partial charge on any atom is -0.468 e. The van der Waals surface area contributed by atoms with Crippen molar-refractivity contribution in [1.29, 1.82) is 0 Å². The minimum atomic E-state index is -0.816.